The smallest absolute Gasteiger partial charge is 0.231 e. The zero-order valence-electron chi connectivity index (χ0n) is 13.8. The largest absolute Gasteiger partial charge is 0.339 e. The monoisotopic (exact) mass is 311 g/mol. The fourth-order valence-corrected chi connectivity index (χ4v) is 3.44. The molecular weight excluding hydrogens is 282 g/mol. The molecule has 0 aliphatic heterocycles. The summed E-state index contributed by atoms with van der Waals surface area (Å²) < 4.78 is 5.80. The Hall–Kier alpha value is -0.550. The van der Waals surface area contributed by atoms with Gasteiger partial charge in [0.15, 0.2) is 5.82 Å². The van der Waals surface area contributed by atoms with E-state index in [9.17, 15) is 0 Å². The summed E-state index contributed by atoms with van der Waals surface area (Å²) in [5, 5.41) is 7.83. The van der Waals surface area contributed by atoms with Crippen molar-refractivity contribution >= 4 is 11.8 Å². The van der Waals surface area contributed by atoms with Crippen LogP contribution in [-0.4, -0.2) is 27.5 Å². The van der Waals surface area contributed by atoms with E-state index in [-0.39, 0.29) is 4.75 Å². The highest BCUT2D eigenvalue weighted by atomic mass is 32.2. The molecule has 1 fully saturated rings. The molecule has 0 spiro atoms. The Labute approximate surface area is 132 Å². The Morgan fingerprint density at radius 2 is 2.05 bits per heavy atom. The lowest BCUT2D eigenvalue weighted by atomic mass is 9.84. The molecule has 2 rings (SSSR count). The van der Waals surface area contributed by atoms with E-state index in [1.54, 1.807) is 0 Å². The van der Waals surface area contributed by atoms with Gasteiger partial charge in [-0.1, -0.05) is 45.7 Å². The predicted molar refractivity (Wildman–Crippen MR) is 88.6 cm³/mol. The second-order valence-corrected chi connectivity index (χ2v) is 8.70. The second kappa shape index (κ2) is 7.63. The van der Waals surface area contributed by atoms with Crippen LogP contribution in [-0.2, 0) is 5.75 Å². The zero-order valence-corrected chi connectivity index (χ0v) is 14.6. The normalized spacial score (nSPS) is 23.4. The Bertz CT molecular complexity index is 427. The van der Waals surface area contributed by atoms with Crippen LogP contribution in [0.3, 0.4) is 0 Å². The molecule has 0 radical (unpaired) electrons. The van der Waals surface area contributed by atoms with Crippen molar-refractivity contribution in [1.29, 1.82) is 0 Å². The minimum absolute atomic E-state index is 0.233. The molecule has 2 atom stereocenters. The summed E-state index contributed by atoms with van der Waals surface area (Å²) in [6.45, 7) is 9.92. The molecule has 1 aromatic rings. The van der Waals surface area contributed by atoms with E-state index >= 15 is 0 Å². The number of nitrogens with zero attached hydrogens (tertiary/aromatic N) is 2. The van der Waals surface area contributed by atoms with Crippen LogP contribution in [0.25, 0.3) is 0 Å². The molecule has 5 heteroatoms. The summed E-state index contributed by atoms with van der Waals surface area (Å²) >= 11 is 1.86. The van der Waals surface area contributed by atoms with Crippen molar-refractivity contribution in [3.63, 3.8) is 0 Å². The van der Waals surface area contributed by atoms with Gasteiger partial charge in [-0.05, 0) is 25.8 Å². The van der Waals surface area contributed by atoms with Crippen LogP contribution in [0.5, 0.6) is 0 Å². The topological polar surface area (TPSA) is 51.0 Å². The molecule has 21 heavy (non-hydrogen) atoms. The number of thioether (sulfide) groups is 1. The minimum atomic E-state index is 0.233. The molecule has 0 amide bonds. The van der Waals surface area contributed by atoms with Crippen LogP contribution >= 0.6 is 11.8 Å². The molecule has 0 aromatic carbocycles. The molecule has 4 nitrogen and oxygen atoms in total. The van der Waals surface area contributed by atoms with Crippen molar-refractivity contribution in [2.24, 2.45) is 0 Å². The molecule has 2 unspecified atom stereocenters. The van der Waals surface area contributed by atoms with Gasteiger partial charge in [-0.3, -0.25) is 0 Å². The van der Waals surface area contributed by atoms with Gasteiger partial charge in [-0.2, -0.15) is 4.98 Å². The van der Waals surface area contributed by atoms with Crippen LogP contribution in [0.1, 0.15) is 77.4 Å². The van der Waals surface area contributed by atoms with Crippen molar-refractivity contribution < 1.29 is 4.52 Å². The van der Waals surface area contributed by atoms with Gasteiger partial charge in [0.1, 0.15) is 0 Å². The third-order valence-corrected chi connectivity index (χ3v) is 5.13. The average molecular weight is 311 g/mol. The summed E-state index contributed by atoms with van der Waals surface area (Å²) in [5.74, 6) is 2.90. The van der Waals surface area contributed by atoms with Gasteiger partial charge in [0.2, 0.25) is 5.89 Å². The van der Waals surface area contributed by atoms with Gasteiger partial charge in [0, 0.05) is 10.8 Å². The Kier molecular flexibility index (Phi) is 6.11. The maximum absolute atomic E-state index is 5.57. The van der Waals surface area contributed by atoms with Gasteiger partial charge in [-0.25, -0.2) is 0 Å². The van der Waals surface area contributed by atoms with Crippen LogP contribution in [0.15, 0.2) is 4.52 Å². The van der Waals surface area contributed by atoms with E-state index in [2.05, 4.69) is 43.2 Å². The SMILES string of the molecule is CCCNC1CCCCC1c1nc(CSC(C)(C)C)no1. The second-order valence-electron chi connectivity index (χ2n) is 6.90. The standard InChI is InChI=1S/C16H29N3OS/c1-5-10-17-13-9-7-6-8-12(13)15-18-14(19-20-15)11-21-16(2,3)4/h12-13,17H,5-11H2,1-4H3. The van der Waals surface area contributed by atoms with Crippen molar-refractivity contribution in [3.05, 3.63) is 11.7 Å². The van der Waals surface area contributed by atoms with Gasteiger partial charge < -0.3 is 9.84 Å². The summed E-state index contributed by atoms with van der Waals surface area (Å²) in [6, 6.07) is 0.502. The quantitative estimate of drug-likeness (QED) is 0.856. The molecule has 1 aromatic heterocycles. The number of hydrogen-bond acceptors (Lipinski definition) is 5. The lowest BCUT2D eigenvalue weighted by Gasteiger charge is -2.29. The predicted octanol–water partition coefficient (Wildman–Crippen LogP) is 4.13. The first-order valence-electron chi connectivity index (χ1n) is 8.19. The van der Waals surface area contributed by atoms with E-state index in [0.717, 1.165) is 30.4 Å². The average Bonchev–Trinajstić information content (AvgIpc) is 2.91. The lowest BCUT2D eigenvalue weighted by molar-refractivity contribution is 0.262. The summed E-state index contributed by atoms with van der Waals surface area (Å²) in [7, 11) is 0. The first-order chi connectivity index (χ1) is 9.99. The third kappa shape index (κ3) is 5.29. The van der Waals surface area contributed by atoms with Crippen molar-refractivity contribution in [1.82, 2.24) is 15.5 Å². The van der Waals surface area contributed by atoms with E-state index in [1.807, 2.05) is 11.8 Å². The maximum atomic E-state index is 5.57. The van der Waals surface area contributed by atoms with Crippen molar-refractivity contribution in [3.8, 4) is 0 Å². The Morgan fingerprint density at radius 3 is 2.76 bits per heavy atom. The molecule has 0 saturated heterocycles. The van der Waals surface area contributed by atoms with Crippen LogP contribution < -0.4 is 5.32 Å². The number of rotatable bonds is 6. The number of nitrogens with one attached hydrogen (secondary N) is 1. The Balaban J connectivity index is 1.97. The van der Waals surface area contributed by atoms with Crippen molar-refractivity contribution in [2.75, 3.05) is 6.54 Å². The molecular formula is C16H29N3OS. The summed E-state index contributed by atoms with van der Waals surface area (Å²) in [4.78, 5) is 4.66. The fraction of sp³-hybridized carbons (Fsp3) is 0.875. The highest BCUT2D eigenvalue weighted by molar-refractivity contribution is 7.99. The molecule has 1 N–H and O–H groups in total. The minimum Gasteiger partial charge on any atom is -0.339 e. The van der Waals surface area contributed by atoms with Gasteiger partial charge in [0.05, 0.1) is 11.7 Å². The Morgan fingerprint density at radius 1 is 1.29 bits per heavy atom. The third-order valence-electron chi connectivity index (χ3n) is 3.86. The highest BCUT2D eigenvalue weighted by Gasteiger charge is 2.30. The van der Waals surface area contributed by atoms with Crippen LogP contribution in [0.2, 0.25) is 0 Å². The van der Waals surface area contributed by atoms with Gasteiger partial charge >= 0.3 is 0 Å². The zero-order chi connectivity index (χ0) is 15.3. The van der Waals surface area contributed by atoms with E-state index in [1.165, 1.54) is 25.7 Å². The van der Waals surface area contributed by atoms with Gasteiger partial charge in [-0.15, -0.1) is 11.8 Å². The van der Waals surface area contributed by atoms with Crippen LogP contribution in [0.4, 0.5) is 0 Å². The molecule has 1 heterocycles. The number of hydrogen-bond donors (Lipinski definition) is 1. The number of aromatic nitrogens is 2. The molecule has 1 saturated carbocycles. The molecule has 120 valence electrons. The first-order valence-corrected chi connectivity index (χ1v) is 9.18. The van der Waals surface area contributed by atoms with E-state index in [4.69, 9.17) is 4.52 Å². The summed E-state index contributed by atoms with van der Waals surface area (Å²) in [6.07, 6.45) is 6.12. The highest BCUT2D eigenvalue weighted by Crippen LogP contribution is 2.33. The van der Waals surface area contributed by atoms with E-state index < -0.39 is 0 Å². The molecule has 1 aliphatic carbocycles. The van der Waals surface area contributed by atoms with Gasteiger partial charge in [0.25, 0.3) is 0 Å². The first kappa shape index (κ1) is 16.8. The van der Waals surface area contributed by atoms with E-state index in [0.29, 0.717) is 12.0 Å². The molecule has 1 aliphatic rings. The lowest BCUT2D eigenvalue weighted by Crippen LogP contribution is -2.37. The van der Waals surface area contributed by atoms with Crippen molar-refractivity contribution in [2.45, 2.75) is 82.3 Å². The fourth-order valence-electron chi connectivity index (χ4n) is 2.76. The molecule has 0 bridgehead atoms. The maximum Gasteiger partial charge on any atom is 0.231 e. The summed E-state index contributed by atoms with van der Waals surface area (Å²) in [5.41, 5.74) is 0. The van der Waals surface area contributed by atoms with Crippen LogP contribution in [0, 0.1) is 0 Å².